The molecule has 0 atom stereocenters. The number of amides is 2. The van der Waals surface area contributed by atoms with Crippen LogP contribution in [0.3, 0.4) is 0 Å². The van der Waals surface area contributed by atoms with Crippen molar-refractivity contribution in [3.63, 3.8) is 0 Å². The van der Waals surface area contributed by atoms with Gasteiger partial charge >= 0.3 is 18.2 Å². The van der Waals surface area contributed by atoms with Crippen LogP contribution < -0.4 is 0 Å². The molecule has 0 aliphatic carbocycles. The zero-order valence-corrected chi connectivity index (χ0v) is 15.8. The summed E-state index contributed by atoms with van der Waals surface area (Å²) in [5.41, 5.74) is -2.08. The van der Waals surface area contributed by atoms with Gasteiger partial charge in [-0.1, -0.05) is 0 Å². The highest BCUT2D eigenvalue weighted by Crippen LogP contribution is 2.19. The van der Waals surface area contributed by atoms with Gasteiger partial charge in [0.1, 0.15) is 17.0 Å². The zero-order valence-electron chi connectivity index (χ0n) is 15.8. The zero-order chi connectivity index (χ0) is 20.3. The summed E-state index contributed by atoms with van der Waals surface area (Å²) in [6, 6.07) is 3.00. The van der Waals surface area contributed by atoms with E-state index in [1.807, 2.05) is 0 Å². The fraction of sp³-hybridized carbons (Fsp3) is 0.500. The average molecular weight is 369 g/mol. The van der Waals surface area contributed by atoms with Crippen molar-refractivity contribution in [2.45, 2.75) is 59.3 Å². The molecule has 26 heavy (non-hydrogen) atoms. The molecule has 0 saturated heterocycles. The van der Waals surface area contributed by atoms with Gasteiger partial charge in [0.15, 0.2) is 0 Å². The molecule has 0 heterocycles. The molecule has 0 fully saturated rings. The first kappa shape index (κ1) is 21.4. The number of aromatic carboxylic acids is 1. The number of carbonyl (C=O) groups is 3. The van der Waals surface area contributed by atoms with Crippen LogP contribution >= 0.6 is 0 Å². The van der Waals surface area contributed by atoms with Gasteiger partial charge in [-0.2, -0.15) is 0 Å². The highest BCUT2D eigenvalue weighted by atomic mass is 19.1. The number of nitrogens with zero attached hydrogens (tertiary/aromatic N) is 1. The molecular formula is C18H24FNO6. The minimum atomic E-state index is -1.31. The van der Waals surface area contributed by atoms with Gasteiger partial charge in [-0.25, -0.2) is 23.7 Å². The number of hydrogen-bond donors (Lipinski definition) is 1. The van der Waals surface area contributed by atoms with Crippen molar-refractivity contribution in [3.05, 3.63) is 35.1 Å². The lowest BCUT2D eigenvalue weighted by atomic mass is 10.1. The number of ether oxygens (including phenoxy) is 2. The molecular weight excluding hydrogens is 345 g/mol. The Labute approximate surface area is 151 Å². The Hall–Kier alpha value is -2.64. The van der Waals surface area contributed by atoms with Crippen molar-refractivity contribution < 1.29 is 33.4 Å². The number of carbonyl (C=O) groups excluding carboxylic acids is 2. The Morgan fingerprint density at radius 2 is 1.46 bits per heavy atom. The van der Waals surface area contributed by atoms with E-state index in [9.17, 15) is 23.9 Å². The molecule has 0 aliphatic rings. The van der Waals surface area contributed by atoms with Crippen LogP contribution in [0.5, 0.6) is 0 Å². The topological polar surface area (TPSA) is 93.1 Å². The molecule has 1 aromatic carbocycles. The van der Waals surface area contributed by atoms with Crippen LogP contribution in [0.1, 0.15) is 57.5 Å². The molecule has 0 aromatic heterocycles. The van der Waals surface area contributed by atoms with Gasteiger partial charge in [0.25, 0.3) is 0 Å². The van der Waals surface area contributed by atoms with Crippen molar-refractivity contribution >= 4 is 18.2 Å². The lowest BCUT2D eigenvalue weighted by Gasteiger charge is -2.28. The smallest absolute Gasteiger partial charge is 0.420 e. The summed E-state index contributed by atoms with van der Waals surface area (Å²) in [6.45, 7) is 9.17. The summed E-state index contributed by atoms with van der Waals surface area (Å²) in [6.07, 6.45) is -2.04. The number of rotatable bonds is 3. The maximum absolute atomic E-state index is 13.6. The summed E-state index contributed by atoms with van der Waals surface area (Å²) < 4.78 is 23.9. The van der Waals surface area contributed by atoms with Crippen LogP contribution in [-0.4, -0.2) is 39.4 Å². The van der Waals surface area contributed by atoms with E-state index in [1.165, 1.54) is 0 Å². The number of hydrogen-bond acceptors (Lipinski definition) is 5. The van der Waals surface area contributed by atoms with Crippen LogP contribution in [0.25, 0.3) is 0 Å². The SMILES string of the molecule is CC(C)(C)OC(=O)N(Cc1cc(F)ccc1C(=O)O)C(=O)OC(C)(C)C. The molecule has 2 amide bonds. The van der Waals surface area contributed by atoms with Gasteiger partial charge in [-0.05, 0) is 65.3 Å². The van der Waals surface area contributed by atoms with Gasteiger partial charge in [-0.3, -0.25) is 0 Å². The van der Waals surface area contributed by atoms with Gasteiger partial charge in [0.2, 0.25) is 0 Å². The molecule has 0 saturated carbocycles. The minimum Gasteiger partial charge on any atom is -0.478 e. The van der Waals surface area contributed by atoms with E-state index >= 15 is 0 Å². The maximum atomic E-state index is 13.6. The second-order valence-electron chi connectivity index (χ2n) is 7.65. The van der Waals surface area contributed by atoms with Gasteiger partial charge in [0.05, 0.1) is 12.1 Å². The molecule has 7 nitrogen and oxygen atoms in total. The Balaban J connectivity index is 3.25. The molecule has 8 heteroatoms. The molecule has 0 unspecified atom stereocenters. The fourth-order valence-corrected chi connectivity index (χ4v) is 1.91. The highest BCUT2D eigenvalue weighted by molar-refractivity contribution is 5.91. The quantitative estimate of drug-likeness (QED) is 0.858. The molecule has 0 bridgehead atoms. The molecule has 1 rings (SSSR count). The lowest BCUT2D eigenvalue weighted by Crippen LogP contribution is -2.43. The van der Waals surface area contributed by atoms with E-state index in [4.69, 9.17) is 9.47 Å². The average Bonchev–Trinajstić information content (AvgIpc) is 2.40. The van der Waals surface area contributed by atoms with Crippen LogP contribution in [0.15, 0.2) is 18.2 Å². The largest absolute Gasteiger partial charge is 0.478 e. The number of imide groups is 1. The van der Waals surface area contributed by atoms with E-state index < -0.39 is 41.7 Å². The van der Waals surface area contributed by atoms with E-state index in [1.54, 1.807) is 41.5 Å². The summed E-state index contributed by atoms with van der Waals surface area (Å²) in [5, 5.41) is 9.25. The fourth-order valence-electron chi connectivity index (χ4n) is 1.91. The number of carboxylic acid groups (broad SMARTS) is 1. The van der Waals surface area contributed by atoms with Gasteiger partial charge in [-0.15, -0.1) is 0 Å². The van der Waals surface area contributed by atoms with Gasteiger partial charge in [0, 0.05) is 0 Å². The Morgan fingerprint density at radius 3 is 1.85 bits per heavy atom. The summed E-state index contributed by atoms with van der Waals surface area (Å²) >= 11 is 0. The second-order valence-corrected chi connectivity index (χ2v) is 7.65. The third-order valence-corrected chi connectivity index (χ3v) is 2.85. The minimum absolute atomic E-state index is 0.0609. The third-order valence-electron chi connectivity index (χ3n) is 2.85. The summed E-state index contributed by atoms with van der Waals surface area (Å²) in [7, 11) is 0. The van der Waals surface area contributed by atoms with Crippen molar-refractivity contribution in [2.24, 2.45) is 0 Å². The van der Waals surface area contributed by atoms with Crippen LogP contribution in [0.4, 0.5) is 14.0 Å². The molecule has 0 radical (unpaired) electrons. The molecule has 0 aliphatic heterocycles. The first-order valence-corrected chi connectivity index (χ1v) is 7.95. The Bertz CT molecular complexity index is 675. The first-order valence-electron chi connectivity index (χ1n) is 7.95. The molecule has 144 valence electrons. The van der Waals surface area contributed by atoms with Crippen molar-refractivity contribution in [1.82, 2.24) is 4.90 Å². The standard InChI is InChI=1S/C18H24FNO6/c1-17(2,3)25-15(23)20(16(24)26-18(4,5)6)10-11-9-12(19)7-8-13(11)14(21)22/h7-9H,10H2,1-6H3,(H,21,22). The van der Waals surface area contributed by atoms with Gasteiger partial charge < -0.3 is 14.6 Å². The van der Waals surface area contributed by atoms with Crippen molar-refractivity contribution in [3.8, 4) is 0 Å². The molecule has 1 N–H and O–H groups in total. The summed E-state index contributed by atoms with van der Waals surface area (Å²) in [5.74, 6) is -2.01. The normalized spacial score (nSPS) is 11.7. The highest BCUT2D eigenvalue weighted by Gasteiger charge is 2.32. The third kappa shape index (κ3) is 6.70. The predicted octanol–water partition coefficient (Wildman–Crippen LogP) is 4.20. The first-order chi connectivity index (χ1) is 11.7. The van der Waals surface area contributed by atoms with Crippen LogP contribution in [0, 0.1) is 5.82 Å². The van der Waals surface area contributed by atoms with Crippen LogP contribution in [0.2, 0.25) is 0 Å². The monoisotopic (exact) mass is 369 g/mol. The van der Waals surface area contributed by atoms with E-state index in [2.05, 4.69) is 0 Å². The molecule has 1 aromatic rings. The second kappa shape index (κ2) is 7.72. The lowest BCUT2D eigenvalue weighted by molar-refractivity contribution is -0.000453. The predicted molar refractivity (Wildman–Crippen MR) is 91.4 cm³/mol. The van der Waals surface area contributed by atoms with Crippen LogP contribution in [-0.2, 0) is 16.0 Å². The maximum Gasteiger partial charge on any atom is 0.420 e. The number of benzene rings is 1. The Morgan fingerprint density at radius 1 is 1.00 bits per heavy atom. The molecule has 0 spiro atoms. The van der Waals surface area contributed by atoms with Crippen molar-refractivity contribution in [1.29, 1.82) is 0 Å². The van der Waals surface area contributed by atoms with E-state index in [0.29, 0.717) is 4.90 Å². The Kier molecular flexibility index (Phi) is 6.35. The summed E-state index contributed by atoms with van der Waals surface area (Å²) in [4.78, 5) is 36.8. The number of halogens is 1. The van der Waals surface area contributed by atoms with E-state index in [-0.39, 0.29) is 11.1 Å². The van der Waals surface area contributed by atoms with E-state index in [0.717, 1.165) is 18.2 Å². The number of carboxylic acids is 1. The van der Waals surface area contributed by atoms with Crippen molar-refractivity contribution in [2.75, 3.05) is 0 Å².